The van der Waals surface area contributed by atoms with E-state index in [9.17, 15) is 31.5 Å². The largest absolute Gasteiger partial charge is 0.464 e. The molecule has 0 spiro atoms. The molecule has 0 fully saturated rings. The molecule has 0 aliphatic carbocycles. The van der Waals surface area contributed by atoms with Crippen LogP contribution in [0.2, 0.25) is 0 Å². The summed E-state index contributed by atoms with van der Waals surface area (Å²) in [6.07, 6.45) is -0.427. The topological polar surface area (TPSA) is 55.4 Å². The maximum Gasteiger partial charge on any atom is 0.463 e. The Morgan fingerprint density at radius 1 is 0.960 bits per heavy atom. The fourth-order valence-electron chi connectivity index (χ4n) is 2.00. The molecular weight excluding hydrogens is 349 g/mol. The number of nitrogens with one attached hydrogen (secondary N) is 1. The van der Waals surface area contributed by atoms with Crippen LogP contribution in [0.25, 0.3) is 0 Å². The van der Waals surface area contributed by atoms with Crippen molar-refractivity contribution < 1.29 is 36.3 Å². The minimum atomic E-state index is -6.03. The molecule has 0 aliphatic rings. The highest BCUT2D eigenvalue weighted by molar-refractivity contribution is 5.89. The van der Waals surface area contributed by atoms with E-state index in [1.165, 1.54) is 19.2 Å². The average molecular weight is 375 g/mol. The number of hydrogen-bond donors (Lipinski definition) is 1. The van der Waals surface area contributed by atoms with Crippen LogP contribution in [-0.4, -0.2) is 36.6 Å². The lowest BCUT2D eigenvalue weighted by molar-refractivity contribution is -0.270. The van der Waals surface area contributed by atoms with Crippen LogP contribution in [0, 0.1) is 5.92 Å². The smallest absolute Gasteiger partial charge is 0.463 e. The highest BCUT2D eigenvalue weighted by atomic mass is 19.4. The second-order valence-corrected chi connectivity index (χ2v) is 6.20. The first kappa shape index (κ1) is 23.6. The van der Waals surface area contributed by atoms with Gasteiger partial charge in [-0.15, -0.1) is 0 Å². The normalized spacial score (nSPS) is 13.6. The Bertz CT molecular complexity index is 424. The molecule has 148 valence electrons. The Hall–Kier alpha value is -1.41. The van der Waals surface area contributed by atoms with Crippen molar-refractivity contribution in [3.63, 3.8) is 0 Å². The lowest BCUT2D eigenvalue weighted by Crippen LogP contribution is -2.56. The molecule has 0 saturated carbocycles. The van der Waals surface area contributed by atoms with Gasteiger partial charge in [0, 0.05) is 0 Å². The fourth-order valence-corrected chi connectivity index (χ4v) is 2.00. The second kappa shape index (κ2) is 10.6. The highest BCUT2D eigenvalue weighted by Gasteiger charge is 2.63. The average Bonchev–Trinajstić information content (AvgIpc) is 2.49. The molecule has 0 bridgehead atoms. The molecule has 0 saturated heterocycles. The summed E-state index contributed by atoms with van der Waals surface area (Å²) in [6, 6.07) is -1.57. The van der Waals surface area contributed by atoms with Gasteiger partial charge in [-0.05, 0) is 12.3 Å². The van der Waals surface area contributed by atoms with Crippen molar-refractivity contribution in [1.82, 2.24) is 5.32 Å². The van der Waals surface area contributed by atoms with E-state index in [1.807, 2.05) is 0 Å². The molecule has 25 heavy (non-hydrogen) atoms. The minimum absolute atomic E-state index is 0.0275. The number of rotatable bonds is 11. The first-order valence-corrected chi connectivity index (χ1v) is 8.37. The fraction of sp³-hybridized carbons (Fsp3) is 0.875. The first-order valence-electron chi connectivity index (χ1n) is 8.37. The minimum Gasteiger partial charge on any atom is -0.464 e. The zero-order valence-electron chi connectivity index (χ0n) is 14.7. The van der Waals surface area contributed by atoms with Crippen molar-refractivity contribution in [2.45, 2.75) is 77.4 Å². The van der Waals surface area contributed by atoms with E-state index in [4.69, 9.17) is 4.74 Å². The third-order valence-corrected chi connectivity index (χ3v) is 3.59. The summed E-state index contributed by atoms with van der Waals surface area (Å²) in [5.41, 5.74) is 0. The molecular formula is C16H26F5NO3. The van der Waals surface area contributed by atoms with E-state index >= 15 is 0 Å². The van der Waals surface area contributed by atoms with Gasteiger partial charge in [0.25, 0.3) is 0 Å². The lowest BCUT2D eigenvalue weighted by atomic mass is 10.0. The summed E-state index contributed by atoms with van der Waals surface area (Å²) < 4.78 is 67.4. The third kappa shape index (κ3) is 8.00. The van der Waals surface area contributed by atoms with Crippen molar-refractivity contribution in [3.8, 4) is 0 Å². The molecule has 9 heteroatoms. The maximum absolute atomic E-state index is 13.0. The molecule has 1 atom stereocenters. The summed E-state index contributed by atoms with van der Waals surface area (Å²) in [4.78, 5) is 23.1. The maximum atomic E-state index is 13.0. The number of carbonyl (C=O) groups is 2. The molecule has 1 amide bonds. The van der Waals surface area contributed by atoms with Gasteiger partial charge >= 0.3 is 24.0 Å². The van der Waals surface area contributed by atoms with Crippen molar-refractivity contribution in [1.29, 1.82) is 0 Å². The number of amides is 1. The molecule has 0 aromatic carbocycles. The van der Waals surface area contributed by atoms with Gasteiger partial charge < -0.3 is 10.1 Å². The number of esters is 1. The summed E-state index contributed by atoms with van der Waals surface area (Å²) in [5, 5.41) is 1.45. The van der Waals surface area contributed by atoms with Gasteiger partial charge in [0.2, 0.25) is 0 Å². The molecule has 0 rings (SSSR count). The molecule has 0 aliphatic heterocycles. The van der Waals surface area contributed by atoms with Gasteiger partial charge in [0.1, 0.15) is 6.04 Å². The van der Waals surface area contributed by atoms with E-state index in [0.29, 0.717) is 6.42 Å². The van der Waals surface area contributed by atoms with Crippen molar-refractivity contribution in [3.05, 3.63) is 0 Å². The summed E-state index contributed by atoms with van der Waals surface area (Å²) >= 11 is 0. The zero-order valence-corrected chi connectivity index (χ0v) is 14.7. The van der Waals surface area contributed by atoms with E-state index in [1.54, 1.807) is 0 Å². The van der Waals surface area contributed by atoms with E-state index in [2.05, 4.69) is 6.92 Å². The molecule has 0 radical (unpaired) electrons. The number of alkyl halides is 5. The van der Waals surface area contributed by atoms with Crippen molar-refractivity contribution >= 4 is 11.9 Å². The van der Waals surface area contributed by atoms with E-state index in [0.717, 1.165) is 32.1 Å². The molecule has 0 aromatic rings. The Morgan fingerprint density at radius 3 is 1.96 bits per heavy atom. The van der Waals surface area contributed by atoms with Gasteiger partial charge in [-0.2, -0.15) is 22.0 Å². The second-order valence-electron chi connectivity index (χ2n) is 6.20. The Kier molecular flexibility index (Phi) is 9.96. The molecule has 0 aromatic heterocycles. The summed E-state index contributed by atoms with van der Waals surface area (Å²) in [5.74, 6) is -9.85. The molecule has 0 heterocycles. The van der Waals surface area contributed by atoms with Crippen LogP contribution in [0.4, 0.5) is 22.0 Å². The number of halogens is 5. The number of carbonyl (C=O) groups excluding carboxylic acids is 2. The summed E-state index contributed by atoms with van der Waals surface area (Å²) in [7, 11) is 0. The van der Waals surface area contributed by atoms with Gasteiger partial charge in [-0.1, -0.05) is 52.9 Å². The van der Waals surface area contributed by atoms with Gasteiger partial charge in [-0.3, -0.25) is 4.79 Å². The Labute approximate surface area is 144 Å². The monoisotopic (exact) mass is 375 g/mol. The van der Waals surface area contributed by atoms with Crippen LogP contribution in [-0.2, 0) is 14.3 Å². The van der Waals surface area contributed by atoms with E-state index < -0.39 is 35.9 Å². The first-order chi connectivity index (χ1) is 11.4. The van der Waals surface area contributed by atoms with Crippen LogP contribution >= 0.6 is 0 Å². The predicted octanol–water partition coefficient (Wildman–Crippen LogP) is 4.23. The number of hydrogen-bond acceptors (Lipinski definition) is 3. The van der Waals surface area contributed by atoms with E-state index in [-0.39, 0.29) is 6.61 Å². The molecule has 1 N–H and O–H groups in total. The number of unbranched alkanes of at least 4 members (excludes halogenated alkanes) is 5. The number of ether oxygens (including phenoxy) is 1. The van der Waals surface area contributed by atoms with Crippen molar-refractivity contribution in [2.75, 3.05) is 6.61 Å². The summed E-state index contributed by atoms with van der Waals surface area (Å²) in [6.45, 7) is 4.91. The molecule has 1 unspecified atom stereocenters. The zero-order chi connectivity index (χ0) is 19.7. The third-order valence-electron chi connectivity index (χ3n) is 3.59. The molecule has 4 nitrogen and oxygen atoms in total. The van der Waals surface area contributed by atoms with Crippen LogP contribution in [0.3, 0.4) is 0 Å². The van der Waals surface area contributed by atoms with Crippen LogP contribution in [0.1, 0.15) is 59.3 Å². The van der Waals surface area contributed by atoms with Crippen LogP contribution in [0.15, 0.2) is 0 Å². The highest BCUT2D eigenvalue weighted by Crippen LogP contribution is 2.35. The Morgan fingerprint density at radius 2 is 1.48 bits per heavy atom. The van der Waals surface area contributed by atoms with Gasteiger partial charge in [0.15, 0.2) is 0 Å². The standard InChI is InChI=1S/C16H26F5NO3/c1-4-5-6-7-8-9-10-25-13(23)12(11(2)3)22-14(24)15(17,18)16(19,20)21/h11-12H,4-10H2,1-3H3,(H,22,24). The van der Waals surface area contributed by atoms with Crippen molar-refractivity contribution in [2.24, 2.45) is 5.92 Å². The Balaban J connectivity index is 4.50. The van der Waals surface area contributed by atoms with Crippen LogP contribution in [0.5, 0.6) is 0 Å². The quantitative estimate of drug-likeness (QED) is 0.334. The van der Waals surface area contributed by atoms with Gasteiger partial charge in [-0.25, -0.2) is 4.79 Å². The van der Waals surface area contributed by atoms with Gasteiger partial charge in [0.05, 0.1) is 6.61 Å². The SMILES string of the molecule is CCCCCCCCOC(=O)C(NC(=O)C(F)(F)C(F)(F)F)C(C)C. The van der Waals surface area contributed by atoms with Crippen LogP contribution < -0.4 is 5.32 Å². The lowest BCUT2D eigenvalue weighted by Gasteiger charge is -2.24. The predicted molar refractivity (Wildman–Crippen MR) is 82.1 cm³/mol.